The molecule has 6 heteroatoms. The Kier molecular flexibility index (Phi) is 48.5. The van der Waals surface area contributed by atoms with Crippen LogP contribution >= 0.6 is 0 Å². The molecule has 0 amide bonds. The first-order valence-corrected chi connectivity index (χ1v) is 26.1. The average molecular weight is 877 g/mol. The van der Waals surface area contributed by atoms with Crippen molar-refractivity contribution in [2.45, 2.75) is 245 Å². The molecule has 6 nitrogen and oxygen atoms in total. The zero-order valence-corrected chi connectivity index (χ0v) is 41.1. The molecule has 0 aromatic carbocycles. The van der Waals surface area contributed by atoms with Gasteiger partial charge in [-0.2, -0.15) is 0 Å². The van der Waals surface area contributed by atoms with Gasteiger partial charge in [-0.3, -0.25) is 14.4 Å². The van der Waals surface area contributed by atoms with Gasteiger partial charge in [0.05, 0.1) is 0 Å². The lowest BCUT2D eigenvalue weighted by Gasteiger charge is -2.18. The molecule has 0 aliphatic carbocycles. The number of ether oxygens (including phenoxy) is 3. The van der Waals surface area contributed by atoms with E-state index in [1.165, 1.54) is 83.5 Å². The van der Waals surface area contributed by atoms with Gasteiger partial charge in [0, 0.05) is 19.3 Å². The quantitative estimate of drug-likeness (QED) is 0.0262. The van der Waals surface area contributed by atoms with Crippen LogP contribution in [-0.4, -0.2) is 37.2 Å². The van der Waals surface area contributed by atoms with Crippen LogP contribution in [-0.2, 0) is 28.6 Å². The molecule has 0 spiro atoms. The number of carbonyl (C=O) groups excluding carboxylic acids is 3. The summed E-state index contributed by atoms with van der Waals surface area (Å²) in [7, 11) is 0. The highest BCUT2D eigenvalue weighted by Crippen LogP contribution is 2.14. The average Bonchev–Trinajstić information content (AvgIpc) is 3.28. The molecule has 0 saturated carbocycles. The minimum absolute atomic E-state index is 0.0770. The van der Waals surface area contributed by atoms with E-state index in [4.69, 9.17) is 14.2 Å². The molecule has 63 heavy (non-hydrogen) atoms. The summed E-state index contributed by atoms with van der Waals surface area (Å²) in [5.74, 6) is -0.902. The molecule has 0 N–H and O–H groups in total. The maximum absolute atomic E-state index is 12.6. The Labute approximate surface area is 388 Å². The summed E-state index contributed by atoms with van der Waals surface area (Å²) in [6, 6.07) is 0. The predicted molar refractivity (Wildman–Crippen MR) is 270 cm³/mol. The van der Waals surface area contributed by atoms with Gasteiger partial charge < -0.3 is 14.2 Å². The minimum atomic E-state index is -0.770. The molecule has 0 saturated heterocycles. The van der Waals surface area contributed by atoms with Gasteiger partial charge in [-0.15, -0.1) is 0 Å². The number of unbranched alkanes of at least 4 members (excludes halogenated alkanes) is 21. The van der Waals surface area contributed by atoms with Crippen LogP contribution in [0, 0.1) is 0 Å². The molecule has 0 aliphatic heterocycles. The highest BCUT2D eigenvalue weighted by atomic mass is 16.6. The molecule has 360 valence electrons. The van der Waals surface area contributed by atoms with Gasteiger partial charge in [-0.25, -0.2) is 0 Å². The first-order chi connectivity index (χ1) is 31.0. The largest absolute Gasteiger partial charge is 0.462 e. The van der Waals surface area contributed by atoms with Gasteiger partial charge >= 0.3 is 17.9 Å². The van der Waals surface area contributed by atoms with Crippen LogP contribution in [0.5, 0.6) is 0 Å². The number of carbonyl (C=O) groups is 3. The third-order valence-corrected chi connectivity index (χ3v) is 10.9. The van der Waals surface area contributed by atoms with Crippen LogP contribution in [0.4, 0.5) is 0 Å². The van der Waals surface area contributed by atoms with Crippen molar-refractivity contribution in [3.05, 3.63) is 85.1 Å². The van der Waals surface area contributed by atoms with Gasteiger partial charge in [-0.05, 0) is 77.0 Å². The Morgan fingerprint density at radius 2 is 0.619 bits per heavy atom. The maximum atomic E-state index is 12.6. The Balaban J connectivity index is 4.00. The van der Waals surface area contributed by atoms with Crippen molar-refractivity contribution in [2.75, 3.05) is 13.2 Å². The van der Waals surface area contributed by atoms with E-state index >= 15 is 0 Å². The lowest BCUT2D eigenvalue weighted by atomic mass is 10.1. The van der Waals surface area contributed by atoms with Crippen molar-refractivity contribution < 1.29 is 28.6 Å². The molecule has 1 atom stereocenters. The maximum Gasteiger partial charge on any atom is 0.306 e. The number of hydrogen-bond acceptors (Lipinski definition) is 6. The second-order valence-corrected chi connectivity index (χ2v) is 17.1. The number of esters is 3. The topological polar surface area (TPSA) is 78.9 Å². The van der Waals surface area contributed by atoms with Crippen molar-refractivity contribution in [3.8, 4) is 0 Å². The second-order valence-electron chi connectivity index (χ2n) is 17.1. The van der Waals surface area contributed by atoms with E-state index in [9.17, 15) is 14.4 Å². The molecular formula is C57H96O6. The van der Waals surface area contributed by atoms with Crippen LogP contribution in [0.25, 0.3) is 0 Å². The summed E-state index contributed by atoms with van der Waals surface area (Å²) < 4.78 is 16.6. The Bertz CT molecular complexity index is 1240. The van der Waals surface area contributed by atoms with Crippen molar-refractivity contribution in [3.63, 3.8) is 0 Å². The first kappa shape index (κ1) is 59.6. The third kappa shape index (κ3) is 49.5. The zero-order valence-electron chi connectivity index (χ0n) is 41.1. The Morgan fingerprint density at radius 1 is 0.333 bits per heavy atom. The molecule has 0 aromatic rings. The number of hydrogen-bond donors (Lipinski definition) is 0. The summed E-state index contributed by atoms with van der Waals surface area (Å²) in [5.41, 5.74) is 0. The first-order valence-electron chi connectivity index (χ1n) is 26.1. The van der Waals surface area contributed by atoms with Crippen molar-refractivity contribution in [1.29, 1.82) is 0 Å². The van der Waals surface area contributed by atoms with Gasteiger partial charge in [-0.1, -0.05) is 228 Å². The minimum Gasteiger partial charge on any atom is -0.462 e. The Hall–Kier alpha value is -3.41. The highest BCUT2D eigenvalue weighted by molar-refractivity contribution is 5.71. The smallest absolute Gasteiger partial charge is 0.306 e. The molecular weight excluding hydrogens is 781 g/mol. The summed E-state index contributed by atoms with van der Waals surface area (Å²) >= 11 is 0. The van der Waals surface area contributed by atoms with Crippen LogP contribution in [0.15, 0.2) is 85.1 Å². The number of allylic oxidation sites excluding steroid dienone is 14. The number of rotatable bonds is 46. The standard InChI is InChI=1S/C57H96O6/c1-4-7-10-13-15-17-18-19-20-21-22-23-24-25-26-27-28-29-30-31-32-33-34-35-36-37-38-40-41-44-47-50-56(59)62-53-54(52-61-55(58)49-46-43-12-9-6-3)63-57(60)51-48-45-42-39-16-14-11-8-5-2/h7,10,15,17,19-20,22-23,25-26,28-29,31-32,54H,4-6,8-9,11-14,16,18,21,24,27,30,33-53H2,1-3H3/b10-7-,17-15-,20-19-,23-22-,26-25-,29-28-,32-31-. The van der Waals surface area contributed by atoms with E-state index < -0.39 is 6.10 Å². The molecule has 0 heterocycles. The van der Waals surface area contributed by atoms with Gasteiger partial charge in [0.1, 0.15) is 13.2 Å². The van der Waals surface area contributed by atoms with Crippen LogP contribution in [0.2, 0.25) is 0 Å². The van der Waals surface area contributed by atoms with E-state index in [2.05, 4.69) is 106 Å². The van der Waals surface area contributed by atoms with E-state index in [0.29, 0.717) is 19.3 Å². The zero-order chi connectivity index (χ0) is 45.8. The fraction of sp³-hybridized carbons (Fsp3) is 0.702. The van der Waals surface area contributed by atoms with E-state index in [1.807, 2.05) is 0 Å². The summed E-state index contributed by atoms with van der Waals surface area (Å²) in [5, 5.41) is 0. The van der Waals surface area contributed by atoms with Crippen LogP contribution in [0.3, 0.4) is 0 Å². The van der Waals surface area contributed by atoms with Gasteiger partial charge in [0.2, 0.25) is 0 Å². The monoisotopic (exact) mass is 877 g/mol. The summed E-state index contributed by atoms with van der Waals surface area (Å²) in [6.45, 7) is 6.40. The highest BCUT2D eigenvalue weighted by Gasteiger charge is 2.19. The van der Waals surface area contributed by atoms with Crippen molar-refractivity contribution in [1.82, 2.24) is 0 Å². The van der Waals surface area contributed by atoms with Crippen molar-refractivity contribution >= 4 is 17.9 Å². The fourth-order valence-corrected chi connectivity index (χ4v) is 7.01. The van der Waals surface area contributed by atoms with E-state index in [-0.39, 0.29) is 31.1 Å². The lowest BCUT2D eigenvalue weighted by Crippen LogP contribution is -2.30. The summed E-state index contributed by atoms with van der Waals surface area (Å²) in [4.78, 5) is 37.5. The van der Waals surface area contributed by atoms with Gasteiger partial charge in [0.25, 0.3) is 0 Å². The normalized spacial score (nSPS) is 12.7. The van der Waals surface area contributed by atoms with Crippen LogP contribution < -0.4 is 0 Å². The van der Waals surface area contributed by atoms with E-state index in [0.717, 1.165) is 116 Å². The molecule has 0 radical (unpaired) electrons. The van der Waals surface area contributed by atoms with Crippen LogP contribution in [0.1, 0.15) is 239 Å². The molecule has 0 rings (SSSR count). The third-order valence-electron chi connectivity index (χ3n) is 10.9. The molecule has 0 aromatic heterocycles. The Morgan fingerprint density at radius 3 is 0.968 bits per heavy atom. The second kappa shape index (κ2) is 51.2. The van der Waals surface area contributed by atoms with E-state index in [1.54, 1.807) is 0 Å². The SMILES string of the molecule is CC/C=C\C/C=C\C/C=C\C/C=C\C/C=C\C/C=C\C/C=C\CCCCCCCCCCCC(=O)OCC(COC(=O)CCCCCCC)OC(=O)CCCCCCCCCCC. The van der Waals surface area contributed by atoms with Crippen molar-refractivity contribution in [2.24, 2.45) is 0 Å². The summed E-state index contributed by atoms with van der Waals surface area (Å²) in [6.07, 6.45) is 66.2. The molecule has 0 bridgehead atoms. The fourth-order valence-electron chi connectivity index (χ4n) is 7.01. The lowest BCUT2D eigenvalue weighted by molar-refractivity contribution is -0.167. The predicted octanol–water partition coefficient (Wildman–Crippen LogP) is 17.2. The van der Waals surface area contributed by atoms with Gasteiger partial charge in [0.15, 0.2) is 6.10 Å². The molecule has 0 fully saturated rings. The molecule has 0 aliphatic rings. The molecule has 1 unspecified atom stereocenters.